The zero-order valence-electron chi connectivity index (χ0n) is 15.7. The number of rotatable bonds is 8. The molecule has 2 heterocycles. The molecule has 3 aromatic rings. The number of nitrogens with one attached hydrogen (secondary N) is 2. The number of anilines is 3. The van der Waals surface area contributed by atoms with Crippen LogP contribution in [0.15, 0.2) is 42.9 Å². The number of carbonyl (C=O) groups is 1. The predicted octanol–water partition coefficient (Wildman–Crippen LogP) is 3.03. The van der Waals surface area contributed by atoms with Gasteiger partial charge in [0.05, 0.1) is 23.5 Å². The molecule has 0 bridgehead atoms. The molecule has 0 spiro atoms. The minimum Gasteiger partial charge on any atom is -0.365 e. The molecule has 1 aromatic carbocycles. The van der Waals surface area contributed by atoms with Gasteiger partial charge in [0.2, 0.25) is 5.95 Å². The van der Waals surface area contributed by atoms with E-state index in [4.69, 9.17) is 5.73 Å². The highest BCUT2D eigenvalue weighted by molar-refractivity contribution is 5.97. The van der Waals surface area contributed by atoms with Crippen LogP contribution in [0.4, 0.5) is 17.5 Å². The van der Waals surface area contributed by atoms with Crippen LogP contribution in [-0.2, 0) is 13.0 Å². The Bertz CT molecular complexity index is 994. The SMILES string of the molecule is CCc1ccccc1CNc1nc(Nc2cnn(C3CC3)c2)ncc1C(N)=O. The highest BCUT2D eigenvalue weighted by atomic mass is 16.1. The first-order valence-electron chi connectivity index (χ1n) is 9.42. The quantitative estimate of drug-likeness (QED) is 0.556. The van der Waals surface area contributed by atoms with Crippen molar-refractivity contribution in [1.29, 1.82) is 0 Å². The third kappa shape index (κ3) is 3.95. The molecular weight excluding hydrogens is 354 g/mol. The van der Waals surface area contributed by atoms with Gasteiger partial charge in [0.1, 0.15) is 5.82 Å². The lowest BCUT2D eigenvalue weighted by Gasteiger charge is -2.13. The number of nitrogens with zero attached hydrogens (tertiary/aromatic N) is 4. The predicted molar refractivity (Wildman–Crippen MR) is 107 cm³/mol. The number of nitrogens with two attached hydrogens (primary N) is 1. The Morgan fingerprint density at radius 3 is 2.75 bits per heavy atom. The van der Waals surface area contributed by atoms with Gasteiger partial charge in [0.15, 0.2) is 0 Å². The fourth-order valence-electron chi connectivity index (χ4n) is 3.08. The van der Waals surface area contributed by atoms with Crippen molar-refractivity contribution in [1.82, 2.24) is 19.7 Å². The first-order chi connectivity index (χ1) is 13.6. The van der Waals surface area contributed by atoms with Crippen LogP contribution in [0.25, 0.3) is 0 Å². The first-order valence-corrected chi connectivity index (χ1v) is 9.42. The molecule has 1 aliphatic carbocycles. The fraction of sp³-hybridized carbons (Fsp3) is 0.300. The molecule has 4 N–H and O–H groups in total. The van der Waals surface area contributed by atoms with E-state index in [1.165, 1.54) is 11.8 Å². The van der Waals surface area contributed by atoms with Crippen molar-refractivity contribution in [3.8, 4) is 0 Å². The first kappa shape index (κ1) is 18.0. The molecule has 4 rings (SSSR count). The van der Waals surface area contributed by atoms with E-state index >= 15 is 0 Å². The van der Waals surface area contributed by atoms with Gasteiger partial charge < -0.3 is 16.4 Å². The lowest BCUT2D eigenvalue weighted by atomic mass is 10.1. The molecule has 0 saturated heterocycles. The summed E-state index contributed by atoms with van der Waals surface area (Å²) in [5, 5.41) is 10.7. The van der Waals surface area contributed by atoms with Crippen molar-refractivity contribution in [2.45, 2.75) is 38.8 Å². The van der Waals surface area contributed by atoms with Crippen LogP contribution in [0.1, 0.15) is 47.3 Å². The molecule has 0 atom stereocenters. The minimum atomic E-state index is -0.570. The van der Waals surface area contributed by atoms with E-state index < -0.39 is 5.91 Å². The van der Waals surface area contributed by atoms with Gasteiger partial charge in [-0.15, -0.1) is 0 Å². The van der Waals surface area contributed by atoms with Gasteiger partial charge >= 0.3 is 0 Å². The van der Waals surface area contributed by atoms with Crippen LogP contribution in [0.5, 0.6) is 0 Å². The van der Waals surface area contributed by atoms with E-state index in [0.29, 0.717) is 24.4 Å². The Labute approximate surface area is 163 Å². The molecule has 8 nitrogen and oxygen atoms in total. The smallest absolute Gasteiger partial charge is 0.254 e. The second-order valence-electron chi connectivity index (χ2n) is 6.86. The minimum absolute atomic E-state index is 0.258. The van der Waals surface area contributed by atoms with Gasteiger partial charge in [-0.1, -0.05) is 31.2 Å². The van der Waals surface area contributed by atoms with E-state index in [0.717, 1.165) is 30.5 Å². The average Bonchev–Trinajstić information content (AvgIpc) is 3.46. The zero-order valence-corrected chi connectivity index (χ0v) is 15.7. The molecule has 8 heteroatoms. The summed E-state index contributed by atoms with van der Waals surface area (Å²) in [6.45, 7) is 2.66. The van der Waals surface area contributed by atoms with Gasteiger partial charge in [0, 0.05) is 18.9 Å². The van der Waals surface area contributed by atoms with Crippen LogP contribution >= 0.6 is 0 Å². The Balaban J connectivity index is 1.53. The largest absolute Gasteiger partial charge is 0.365 e. The molecule has 0 radical (unpaired) electrons. The molecule has 2 aromatic heterocycles. The number of hydrogen-bond donors (Lipinski definition) is 3. The summed E-state index contributed by atoms with van der Waals surface area (Å²) in [6, 6.07) is 8.67. The van der Waals surface area contributed by atoms with Crippen molar-refractivity contribution in [3.63, 3.8) is 0 Å². The Morgan fingerprint density at radius 2 is 2.04 bits per heavy atom. The molecule has 1 saturated carbocycles. The standard InChI is InChI=1S/C20H23N7O/c1-2-13-5-3-4-6-14(13)9-22-19-17(18(21)28)11-23-20(26-19)25-15-10-24-27(12-15)16-7-8-16/h3-6,10-12,16H,2,7-9H2,1H3,(H2,21,28)(H2,22,23,25,26). The van der Waals surface area contributed by atoms with E-state index in [9.17, 15) is 4.79 Å². The summed E-state index contributed by atoms with van der Waals surface area (Å²) < 4.78 is 1.95. The Morgan fingerprint density at radius 1 is 1.25 bits per heavy atom. The molecule has 1 fully saturated rings. The molecular formula is C20H23N7O. The van der Waals surface area contributed by atoms with E-state index in [1.807, 2.05) is 23.0 Å². The van der Waals surface area contributed by atoms with Crippen molar-refractivity contribution in [3.05, 3.63) is 59.5 Å². The Hall–Kier alpha value is -3.42. The maximum atomic E-state index is 11.8. The van der Waals surface area contributed by atoms with Crippen LogP contribution in [0.2, 0.25) is 0 Å². The van der Waals surface area contributed by atoms with Gasteiger partial charge in [-0.2, -0.15) is 10.1 Å². The molecule has 28 heavy (non-hydrogen) atoms. The van der Waals surface area contributed by atoms with Crippen molar-refractivity contribution in [2.24, 2.45) is 5.73 Å². The Kier molecular flexibility index (Phi) is 4.92. The monoisotopic (exact) mass is 377 g/mol. The van der Waals surface area contributed by atoms with Crippen molar-refractivity contribution >= 4 is 23.4 Å². The number of primary amides is 1. The van der Waals surface area contributed by atoms with Crippen LogP contribution in [-0.4, -0.2) is 25.7 Å². The van der Waals surface area contributed by atoms with Crippen LogP contribution in [0, 0.1) is 0 Å². The molecule has 0 aliphatic heterocycles. The topological polar surface area (TPSA) is 111 Å². The van der Waals surface area contributed by atoms with E-state index in [-0.39, 0.29) is 5.56 Å². The van der Waals surface area contributed by atoms with Crippen LogP contribution < -0.4 is 16.4 Å². The number of amides is 1. The highest BCUT2D eigenvalue weighted by Gasteiger charge is 2.24. The maximum absolute atomic E-state index is 11.8. The number of aryl methyl sites for hydroxylation is 1. The summed E-state index contributed by atoms with van der Waals surface area (Å²) in [4.78, 5) is 20.5. The highest BCUT2D eigenvalue weighted by Crippen LogP contribution is 2.34. The average molecular weight is 377 g/mol. The lowest BCUT2D eigenvalue weighted by molar-refractivity contribution is 0.100. The summed E-state index contributed by atoms with van der Waals surface area (Å²) in [6.07, 6.45) is 8.39. The summed E-state index contributed by atoms with van der Waals surface area (Å²) in [5.41, 5.74) is 8.96. The van der Waals surface area contributed by atoms with Crippen molar-refractivity contribution < 1.29 is 4.79 Å². The molecule has 0 unspecified atom stereocenters. The molecule has 1 amide bonds. The maximum Gasteiger partial charge on any atom is 0.254 e. The molecule has 1 aliphatic rings. The second kappa shape index (κ2) is 7.67. The van der Waals surface area contributed by atoms with Gasteiger partial charge in [-0.3, -0.25) is 9.48 Å². The van der Waals surface area contributed by atoms with Gasteiger partial charge in [0.25, 0.3) is 5.91 Å². The third-order valence-electron chi connectivity index (χ3n) is 4.78. The molecule has 144 valence electrons. The number of benzene rings is 1. The summed E-state index contributed by atoms with van der Waals surface area (Å²) >= 11 is 0. The van der Waals surface area contributed by atoms with E-state index in [2.05, 4.69) is 44.8 Å². The van der Waals surface area contributed by atoms with Crippen molar-refractivity contribution in [2.75, 3.05) is 10.6 Å². The third-order valence-corrected chi connectivity index (χ3v) is 4.78. The number of aromatic nitrogens is 4. The number of hydrogen-bond acceptors (Lipinski definition) is 6. The summed E-state index contributed by atoms with van der Waals surface area (Å²) in [7, 11) is 0. The normalized spacial score (nSPS) is 13.3. The number of carbonyl (C=O) groups excluding carboxylic acids is 1. The fourth-order valence-corrected chi connectivity index (χ4v) is 3.08. The zero-order chi connectivity index (χ0) is 19.5. The summed E-state index contributed by atoms with van der Waals surface area (Å²) in [5.74, 6) is 0.219. The second-order valence-corrected chi connectivity index (χ2v) is 6.86. The lowest BCUT2D eigenvalue weighted by Crippen LogP contribution is -2.17. The van der Waals surface area contributed by atoms with E-state index in [1.54, 1.807) is 6.20 Å². The van der Waals surface area contributed by atoms with Gasteiger partial charge in [-0.05, 0) is 30.4 Å². The van der Waals surface area contributed by atoms with Gasteiger partial charge in [-0.25, -0.2) is 4.98 Å². The van der Waals surface area contributed by atoms with Crippen LogP contribution in [0.3, 0.4) is 0 Å².